The van der Waals surface area contributed by atoms with Crippen LogP contribution in [0.15, 0.2) is 0 Å². The summed E-state index contributed by atoms with van der Waals surface area (Å²) in [5, 5.41) is 3.39. The van der Waals surface area contributed by atoms with Crippen LogP contribution in [0.2, 0.25) is 0 Å². The fourth-order valence-electron chi connectivity index (χ4n) is 2.78. The summed E-state index contributed by atoms with van der Waals surface area (Å²) in [6.07, 6.45) is 5.84. The Kier molecular flexibility index (Phi) is 1.37. The summed E-state index contributed by atoms with van der Waals surface area (Å²) in [4.78, 5) is 2.63. The summed E-state index contributed by atoms with van der Waals surface area (Å²) in [5.41, 5.74) is 0.758. The minimum Gasteiger partial charge on any atom is -0.316 e. The van der Waals surface area contributed by atoms with Gasteiger partial charge in [-0.25, -0.2) is 0 Å². The second-order valence-electron chi connectivity index (χ2n) is 5.06. The highest BCUT2D eigenvalue weighted by Crippen LogP contribution is 2.48. The summed E-state index contributed by atoms with van der Waals surface area (Å²) in [5.74, 6) is 0. The maximum absolute atomic E-state index is 3.39. The predicted molar refractivity (Wildman–Crippen MR) is 49.1 cm³/mol. The van der Waals surface area contributed by atoms with Gasteiger partial charge >= 0.3 is 0 Å². The molecule has 1 spiro atoms. The second kappa shape index (κ2) is 2.24. The fourth-order valence-corrected chi connectivity index (χ4v) is 2.78. The minimum atomic E-state index is 0.758. The Bertz CT molecular complexity index is 186. The molecule has 1 saturated heterocycles. The van der Waals surface area contributed by atoms with Crippen molar-refractivity contribution in [1.82, 2.24) is 10.2 Å². The summed E-state index contributed by atoms with van der Waals surface area (Å²) in [6, 6.07) is 1.89. The van der Waals surface area contributed by atoms with Crippen LogP contribution in [0.3, 0.4) is 0 Å². The Labute approximate surface area is 74.3 Å². The average molecular weight is 166 g/mol. The van der Waals surface area contributed by atoms with Crippen molar-refractivity contribution in [3.05, 3.63) is 0 Å². The molecule has 0 unspecified atom stereocenters. The highest BCUT2D eigenvalue weighted by molar-refractivity contribution is 5.07. The quantitative estimate of drug-likeness (QED) is 0.654. The topological polar surface area (TPSA) is 15.3 Å². The van der Waals surface area contributed by atoms with Gasteiger partial charge in [-0.3, -0.25) is 0 Å². The van der Waals surface area contributed by atoms with Crippen LogP contribution in [0, 0.1) is 5.41 Å². The molecular formula is C10H18N2. The molecule has 0 radical (unpaired) electrons. The monoisotopic (exact) mass is 166 g/mol. The van der Waals surface area contributed by atoms with E-state index >= 15 is 0 Å². The highest BCUT2D eigenvalue weighted by Gasteiger charge is 2.51. The van der Waals surface area contributed by atoms with Gasteiger partial charge < -0.3 is 10.2 Å². The normalized spacial score (nSPS) is 33.5. The molecule has 12 heavy (non-hydrogen) atoms. The van der Waals surface area contributed by atoms with Gasteiger partial charge in [0, 0.05) is 25.2 Å². The lowest BCUT2D eigenvalue weighted by atomic mass is 9.61. The van der Waals surface area contributed by atoms with Crippen molar-refractivity contribution in [3.8, 4) is 0 Å². The lowest BCUT2D eigenvalue weighted by Crippen LogP contribution is -2.64. The lowest BCUT2D eigenvalue weighted by Gasteiger charge is -2.56. The van der Waals surface area contributed by atoms with E-state index in [4.69, 9.17) is 0 Å². The molecule has 1 heterocycles. The van der Waals surface area contributed by atoms with E-state index in [9.17, 15) is 0 Å². The zero-order chi connectivity index (χ0) is 8.18. The zero-order valence-corrected chi connectivity index (χ0v) is 7.84. The van der Waals surface area contributed by atoms with E-state index < -0.39 is 0 Å². The molecule has 2 saturated carbocycles. The standard InChI is InChI=1S/C10H18N2/c1-12(8-2-3-8)9-4-10(5-9)6-11-7-10/h8-9,11H,2-7H2,1H3. The molecule has 0 aromatic heterocycles. The molecule has 0 atom stereocenters. The molecule has 0 aromatic rings. The van der Waals surface area contributed by atoms with Gasteiger partial charge in [0.05, 0.1) is 0 Å². The lowest BCUT2D eigenvalue weighted by molar-refractivity contribution is -0.0291. The summed E-state index contributed by atoms with van der Waals surface area (Å²) in [7, 11) is 2.32. The van der Waals surface area contributed by atoms with Crippen molar-refractivity contribution in [1.29, 1.82) is 0 Å². The third-order valence-corrected chi connectivity index (χ3v) is 4.04. The van der Waals surface area contributed by atoms with Crippen LogP contribution >= 0.6 is 0 Å². The SMILES string of the molecule is CN(C1CC1)C1CC2(CNC2)C1. The van der Waals surface area contributed by atoms with E-state index in [1.54, 1.807) is 0 Å². The number of nitrogens with zero attached hydrogens (tertiary/aromatic N) is 1. The molecule has 2 aliphatic carbocycles. The van der Waals surface area contributed by atoms with Crippen molar-refractivity contribution in [2.75, 3.05) is 20.1 Å². The third-order valence-electron chi connectivity index (χ3n) is 4.04. The summed E-state index contributed by atoms with van der Waals surface area (Å²) < 4.78 is 0. The van der Waals surface area contributed by atoms with Crippen molar-refractivity contribution >= 4 is 0 Å². The smallest absolute Gasteiger partial charge is 0.0108 e. The van der Waals surface area contributed by atoms with Crippen molar-refractivity contribution in [2.45, 2.75) is 37.8 Å². The van der Waals surface area contributed by atoms with Gasteiger partial charge in [0.25, 0.3) is 0 Å². The van der Waals surface area contributed by atoms with E-state index in [1.807, 2.05) is 0 Å². The number of rotatable bonds is 2. The van der Waals surface area contributed by atoms with Crippen LogP contribution in [-0.4, -0.2) is 37.1 Å². The Morgan fingerprint density at radius 1 is 1.17 bits per heavy atom. The molecule has 3 rings (SSSR count). The first kappa shape index (κ1) is 7.34. The van der Waals surface area contributed by atoms with Crippen LogP contribution in [0.5, 0.6) is 0 Å². The highest BCUT2D eigenvalue weighted by atomic mass is 15.2. The largest absolute Gasteiger partial charge is 0.316 e. The number of nitrogens with one attached hydrogen (secondary N) is 1. The molecule has 1 N–H and O–H groups in total. The third kappa shape index (κ3) is 0.944. The molecule has 0 amide bonds. The van der Waals surface area contributed by atoms with Crippen molar-refractivity contribution < 1.29 is 0 Å². The summed E-state index contributed by atoms with van der Waals surface area (Å²) >= 11 is 0. The average Bonchev–Trinajstić information content (AvgIpc) is 2.59. The molecule has 0 bridgehead atoms. The minimum absolute atomic E-state index is 0.758. The molecule has 2 nitrogen and oxygen atoms in total. The Morgan fingerprint density at radius 2 is 1.83 bits per heavy atom. The number of hydrogen-bond donors (Lipinski definition) is 1. The van der Waals surface area contributed by atoms with Crippen LogP contribution in [0.1, 0.15) is 25.7 Å². The number of hydrogen-bond acceptors (Lipinski definition) is 2. The Balaban J connectivity index is 1.54. The van der Waals surface area contributed by atoms with Gasteiger partial charge in [-0.2, -0.15) is 0 Å². The van der Waals surface area contributed by atoms with E-state index in [0.29, 0.717) is 0 Å². The predicted octanol–water partition coefficient (Wildman–Crippen LogP) is 0.833. The molecule has 68 valence electrons. The van der Waals surface area contributed by atoms with Gasteiger partial charge in [-0.05, 0) is 38.1 Å². The first-order valence-electron chi connectivity index (χ1n) is 5.22. The molecular weight excluding hydrogens is 148 g/mol. The van der Waals surface area contributed by atoms with Crippen LogP contribution in [0.4, 0.5) is 0 Å². The fraction of sp³-hybridized carbons (Fsp3) is 1.00. The van der Waals surface area contributed by atoms with Gasteiger partial charge in [0.2, 0.25) is 0 Å². The Morgan fingerprint density at radius 3 is 2.25 bits per heavy atom. The first-order valence-corrected chi connectivity index (χ1v) is 5.22. The van der Waals surface area contributed by atoms with Crippen LogP contribution < -0.4 is 5.32 Å². The van der Waals surface area contributed by atoms with Crippen LogP contribution in [-0.2, 0) is 0 Å². The van der Waals surface area contributed by atoms with Gasteiger partial charge in [0.15, 0.2) is 0 Å². The van der Waals surface area contributed by atoms with Gasteiger partial charge in [-0.15, -0.1) is 0 Å². The molecule has 3 aliphatic rings. The maximum atomic E-state index is 3.39. The van der Waals surface area contributed by atoms with Crippen molar-refractivity contribution in [2.24, 2.45) is 5.41 Å². The van der Waals surface area contributed by atoms with E-state index in [0.717, 1.165) is 17.5 Å². The maximum Gasteiger partial charge on any atom is 0.0108 e. The summed E-state index contributed by atoms with van der Waals surface area (Å²) in [6.45, 7) is 2.59. The van der Waals surface area contributed by atoms with Gasteiger partial charge in [-0.1, -0.05) is 0 Å². The molecule has 2 heteroatoms. The van der Waals surface area contributed by atoms with E-state index in [1.165, 1.54) is 38.8 Å². The van der Waals surface area contributed by atoms with E-state index in [2.05, 4.69) is 17.3 Å². The van der Waals surface area contributed by atoms with Crippen molar-refractivity contribution in [3.63, 3.8) is 0 Å². The Hall–Kier alpha value is -0.0800. The molecule has 3 fully saturated rings. The first-order chi connectivity index (χ1) is 5.79. The molecule has 0 aromatic carbocycles. The zero-order valence-electron chi connectivity index (χ0n) is 7.84. The van der Waals surface area contributed by atoms with Crippen LogP contribution in [0.25, 0.3) is 0 Å². The molecule has 1 aliphatic heterocycles. The second-order valence-corrected chi connectivity index (χ2v) is 5.06. The van der Waals surface area contributed by atoms with E-state index in [-0.39, 0.29) is 0 Å². The van der Waals surface area contributed by atoms with Gasteiger partial charge in [0.1, 0.15) is 0 Å².